The second-order valence-electron chi connectivity index (χ2n) is 7.43. The molecule has 26 heavy (non-hydrogen) atoms. The highest BCUT2D eigenvalue weighted by Gasteiger charge is 2.30. The maximum absolute atomic E-state index is 12.3. The molecule has 8 heteroatoms. The number of nitro benzene ring substituents is 1. The fourth-order valence-corrected chi connectivity index (χ4v) is 2.81. The van der Waals surface area contributed by atoms with E-state index in [0.717, 1.165) is 0 Å². The maximum atomic E-state index is 12.3. The summed E-state index contributed by atoms with van der Waals surface area (Å²) in [5.74, 6) is 0.119. The Morgan fingerprint density at radius 3 is 2.54 bits per heavy atom. The first-order valence-electron chi connectivity index (χ1n) is 8.63. The van der Waals surface area contributed by atoms with Crippen molar-refractivity contribution in [1.82, 2.24) is 10.2 Å². The van der Waals surface area contributed by atoms with Crippen LogP contribution in [0.5, 0.6) is 5.75 Å². The summed E-state index contributed by atoms with van der Waals surface area (Å²) in [4.78, 5) is 36.3. The van der Waals surface area contributed by atoms with Gasteiger partial charge in [0.25, 0.3) is 11.6 Å². The second kappa shape index (κ2) is 8.16. The minimum Gasteiger partial charge on any atom is -0.484 e. The molecule has 2 rings (SSSR count). The molecule has 2 amide bonds. The lowest BCUT2D eigenvalue weighted by Gasteiger charge is -2.35. The number of carbonyl (C=O) groups excluding carboxylic acids is 2. The van der Waals surface area contributed by atoms with Crippen LogP contribution in [0.2, 0.25) is 0 Å². The summed E-state index contributed by atoms with van der Waals surface area (Å²) in [6.45, 7) is 6.72. The Kier molecular flexibility index (Phi) is 6.18. The molecule has 1 fully saturated rings. The molecule has 0 radical (unpaired) electrons. The Morgan fingerprint density at radius 2 is 1.96 bits per heavy atom. The molecule has 1 heterocycles. The van der Waals surface area contributed by atoms with Gasteiger partial charge in [-0.3, -0.25) is 19.7 Å². The molecular weight excluding hydrogens is 338 g/mol. The first-order valence-corrected chi connectivity index (χ1v) is 8.63. The van der Waals surface area contributed by atoms with E-state index in [1.54, 1.807) is 6.07 Å². The van der Waals surface area contributed by atoms with Gasteiger partial charge in [0.2, 0.25) is 5.91 Å². The summed E-state index contributed by atoms with van der Waals surface area (Å²) >= 11 is 0. The van der Waals surface area contributed by atoms with Crippen LogP contribution < -0.4 is 10.1 Å². The van der Waals surface area contributed by atoms with E-state index in [-0.39, 0.29) is 35.9 Å². The number of ether oxygens (including phenoxy) is 1. The normalized spacial score (nSPS) is 15.4. The van der Waals surface area contributed by atoms with Crippen LogP contribution in [0.1, 0.15) is 33.6 Å². The molecule has 1 aliphatic rings. The van der Waals surface area contributed by atoms with E-state index in [9.17, 15) is 19.7 Å². The number of amides is 2. The average molecular weight is 363 g/mol. The number of rotatable bonds is 5. The van der Waals surface area contributed by atoms with Crippen molar-refractivity contribution in [3.05, 3.63) is 34.4 Å². The number of nitrogens with one attached hydrogen (secondary N) is 1. The lowest BCUT2D eigenvalue weighted by atomic mass is 9.93. The van der Waals surface area contributed by atoms with Crippen molar-refractivity contribution in [1.29, 1.82) is 0 Å². The predicted molar refractivity (Wildman–Crippen MR) is 95.8 cm³/mol. The van der Waals surface area contributed by atoms with Gasteiger partial charge in [0.05, 0.1) is 11.0 Å². The molecule has 1 aromatic rings. The van der Waals surface area contributed by atoms with Gasteiger partial charge >= 0.3 is 0 Å². The van der Waals surface area contributed by atoms with Crippen LogP contribution in [0.15, 0.2) is 24.3 Å². The van der Waals surface area contributed by atoms with Gasteiger partial charge < -0.3 is 15.0 Å². The maximum Gasteiger partial charge on any atom is 0.273 e. The van der Waals surface area contributed by atoms with Gasteiger partial charge in [-0.2, -0.15) is 0 Å². The lowest BCUT2D eigenvalue weighted by Crippen LogP contribution is -2.49. The van der Waals surface area contributed by atoms with Crippen molar-refractivity contribution in [2.24, 2.45) is 5.41 Å². The van der Waals surface area contributed by atoms with Crippen LogP contribution in [-0.2, 0) is 9.59 Å². The molecule has 0 aromatic heterocycles. The fraction of sp³-hybridized carbons (Fsp3) is 0.556. The van der Waals surface area contributed by atoms with E-state index >= 15 is 0 Å². The number of hydrogen-bond donors (Lipinski definition) is 1. The Balaban J connectivity index is 1.77. The summed E-state index contributed by atoms with van der Waals surface area (Å²) in [6, 6.07) is 5.72. The van der Waals surface area contributed by atoms with Crippen molar-refractivity contribution in [2.45, 2.75) is 39.7 Å². The molecular formula is C18H25N3O5. The highest BCUT2D eigenvalue weighted by molar-refractivity contribution is 5.81. The zero-order chi connectivity index (χ0) is 19.3. The molecule has 8 nitrogen and oxygen atoms in total. The lowest BCUT2D eigenvalue weighted by molar-refractivity contribution is -0.384. The van der Waals surface area contributed by atoms with E-state index in [1.165, 1.54) is 18.2 Å². The van der Waals surface area contributed by atoms with Gasteiger partial charge in [0.1, 0.15) is 5.75 Å². The number of non-ortho nitro benzene ring substituents is 1. The zero-order valence-corrected chi connectivity index (χ0v) is 15.4. The summed E-state index contributed by atoms with van der Waals surface area (Å²) in [5.41, 5.74) is -0.485. The molecule has 0 bridgehead atoms. The summed E-state index contributed by atoms with van der Waals surface area (Å²) in [7, 11) is 0. The van der Waals surface area contributed by atoms with Crippen LogP contribution >= 0.6 is 0 Å². The largest absolute Gasteiger partial charge is 0.484 e. The molecule has 1 aromatic carbocycles. The summed E-state index contributed by atoms with van der Waals surface area (Å²) < 4.78 is 5.32. The van der Waals surface area contributed by atoms with Gasteiger partial charge in [0, 0.05) is 30.6 Å². The topological polar surface area (TPSA) is 102 Å². The van der Waals surface area contributed by atoms with Gasteiger partial charge in [-0.1, -0.05) is 26.8 Å². The van der Waals surface area contributed by atoms with Crippen LogP contribution in [-0.4, -0.2) is 47.4 Å². The van der Waals surface area contributed by atoms with Crippen molar-refractivity contribution in [2.75, 3.05) is 19.7 Å². The summed E-state index contributed by atoms with van der Waals surface area (Å²) in [6.07, 6.45) is 1.40. The predicted octanol–water partition coefficient (Wildman–Crippen LogP) is 2.13. The van der Waals surface area contributed by atoms with E-state index in [2.05, 4.69) is 5.32 Å². The number of benzene rings is 1. The van der Waals surface area contributed by atoms with E-state index in [0.29, 0.717) is 25.9 Å². The molecule has 0 saturated carbocycles. The van der Waals surface area contributed by atoms with Crippen molar-refractivity contribution in [3.8, 4) is 5.75 Å². The Morgan fingerprint density at radius 1 is 1.31 bits per heavy atom. The monoisotopic (exact) mass is 363 g/mol. The smallest absolute Gasteiger partial charge is 0.273 e. The highest BCUT2D eigenvalue weighted by atomic mass is 16.6. The highest BCUT2D eigenvalue weighted by Crippen LogP contribution is 2.21. The van der Waals surface area contributed by atoms with E-state index in [1.807, 2.05) is 25.7 Å². The third kappa shape index (κ3) is 5.44. The minimum absolute atomic E-state index is 0.000211. The van der Waals surface area contributed by atoms with E-state index < -0.39 is 10.3 Å². The molecule has 0 aliphatic carbocycles. The Bertz CT molecular complexity index is 676. The Hall–Kier alpha value is -2.64. The second-order valence-corrected chi connectivity index (χ2v) is 7.43. The first-order chi connectivity index (χ1) is 12.2. The van der Waals surface area contributed by atoms with E-state index in [4.69, 9.17) is 4.74 Å². The number of nitrogens with zero attached hydrogens (tertiary/aromatic N) is 2. The zero-order valence-electron chi connectivity index (χ0n) is 15.4. The average Bonchev–Trinajstić information content (AvgIpc) is 2.59. The van der Waals surface area contributed by atoms with Crippen LogP contribution in [0.25, 0.3) is 0 Å². The van der Waals surface area contributed by atoms with Crippen LogP contribution in [0.3, 0.4) is 0 Å². The van der Waals surface area contributed by atoms with Crippen LogP contribution in [0.4, 0.5) is 5.69 Å². The molecule has 0 spiro atoms. The third-order valence-corrected chi connectivity index (χ3v) is 4.19. The SMILES string of the molecule is CC(C)(C)C(=O)N1CCC(NC(=O)COc2cccc([N+](=O)[O-])c2)CC1. The minimum atomic E-state index is -0.514. The molecule has 1 aliphatic heterocycles. The molecule has 0 atom stereocenters. The number of likely N-dealkylation sites (tertiary alicyclic amines) is 1. The number of piperidine rings is 1. The molecule has 0 unspecified atom stereocenters. The van der Waals surface area contributed by atoms with Crippen LogP contribution in [0, 0.1) is 15.5 Å². The molecule has 142 valence electrons. The Labute approximate surface area is 152 Å². The fourth-order valence-electron chi connectivity index (χ4n) is 2.81. The summed E-state index contributed by atoms with van der Waals surface area (Å²) in [5, 5.41) is 13.6. The van der Waals surface area contributed by atoms with Gasteiger partial charge in [-0.05, 0) is 18.9 Å². The van der Waals surface area contributed by atoms with Gasteiger partial charge in [-0.15, -0.1) is 0 Å². The molecule has 1 N–H and O–H groups in total. The van der Waals surface area contributed by atoms with Crippen molar-refractivity contribution in [3.63, 3.8) is 0 Å². The quantitative estimate of drug-likeness (QED) is 0.638. The standard InChI is InChI=1S/C18H25N3O5/c1-18(2,3)17(23)20-9-7-13(8-10-20)19-16(22)12-26-15-6-4-5-14(11-15)21(24)25/h4-6,11,13H,7-10,12H2,1-3H3,(H,19,22). The first kappa shape index (κ1) is 19.7. The van der Waals surface area contributed by atoms with Crippen molar-refractivity contribution < 1.29 is 19.2 Å². The van der Waals surface area contributed by atoms with Crippen molar-refractivity contribution >= 4 is 17.5 Å². The number of carbonyl (C=O) groups is 2. The van der Waals surface area contributed by atoms with Gasteiger partial charge in [0.15, 0.2) is 6.61 Å². The third-order valence-electron chi connectivity index (χ3n) is 4.19. The molecule has 1 saturated heterocycles. The number of nitro groups is 1. The van der Waals surface area contributed by atoms with Gasteiger partial charge in [-0.25, -0.2) is 0 Å². The number of hydrogen-bond acceptors (Lipinski definition) is 5.